The first-order chi connectivity index (χ1) is 12.7. The Morgan fingerprint density at radius 3 is 2.22 bits per heavy atom. The lowest BCUT2D eigenvalue weighted by Crippen LogP contribution is -2.52. The van der Waals surface area contributed by atoms with E-state index in [-0.39, 0.29) is 19.4 Å². The molecule has 0 saturated heterocycles. The van der Waals surface area contributed by atoms with Crippen molar-refractivity contribution in [3.05, 3.63) is 35.9 Å². The number of amides is 2. The normalized spacial score (nSPS) is 13.7. The van der Waals surface area contributed by atoms with Crippen molar-refractivity contribution in [3.63, 3.8) is 0 Å². The molecule has 0 bridgehead atoms. The molecule has 0 fully saturated rings. The van der Waals surface area contributed by atoms with E-state index < -0.39 is 41.8 Å². The number of hydrogen-bond donors (Lipinski definition) is 3. The van der Waals surface area contributed by atoms with Crippen molar-refractivity contribution in [2.75, 3.05) is 6.61 Å². The van der Waals surface area contributed by atoms with Gasteiger partial charge in [-0.1, -0.05) is 37.3 Å². The average Bonchev–Trinajstić information content (AvgIpc) is 2.61. The third-order valence-corrected chi connectivity index (χ3v) is 3.87. The van der Waals surface area contributed by atoms with Crippen molar-refractivity contribution >= 4 is 23.8 Å². The first-order valence-corrected chi connectivity index (χ1v) is 8.75. The van der Waals surface area contributed by atoms with Crippen molar-refractivity contribution in [1.82, 2.24) is 10.6 Å². The summed E-state index contributed by atoms with van der Waals surface area (Å²) in [5.41, 5.74) is 0.818. The van der Waals surface area contributed by atoms with E-state index in [1.165, 1.54) is 13.8 Å². The molecular weight excluding hydrogens is 352 g/mol. The first-order valence-electron chi connectivity index (χ1n) is 8.75. The summed E-state index contributed by atoms with van der Waals surface area (Å²) in [7, 11) is 0. The molecule has 8 nitrogen and oxygen atoms in total. The van der Waals surface area contributed by atoms with E-state index in [1.807, 2.05) is 6.07 Å². The van der Waals surface area contributed by atoms with Crippen LogP contribution in [0.3, 0.4) is 0 Å². The zero-order chi connectivity index (χ0) is 20.4. The number of nitrogens with one attached hydrogen (secondary N) is 2. The summed E-state index contributed by atoms with van der Waals surface area (Å²) >= 11 is 0. The van der Waals surface area contributed by atoms with Crippen LogP contribution in [-0.2, 0) is 30.3 Å². The van der Waals surface area contributed by atoms with Crippen LogP contribution in [0.15, 0.2) is 30.3 Å². The number of ether oxygens (including phenoxy) is 1. The molecule has 0 radical (unpaired) electrons. The SMILES string of the molecule is CCOC(=O)[C@@H](C)C[C@@H](NC(=O)[C@@H](Cc1ccccc1)NC(C)=O)C(=O)O. The highest BCUT2D eigenvalue weighted by Crippen LogP contribution is 2.10. The van der Waals surface area contributed by atoms with Gasteiger partial charge >= 0.3 is 11.9 Å². The summed E-state index contributed by atoms with van der Waals surface area (Å²) < 4.78 is 4.87. The van der Waals surface area contributed by atoms with Crippen LogP contribution >= 0.6 is 0 Å². The van der Waals surface area contributed by atoms with Crippen LogP contribution in [-0.4, -0.2) is 47.6 Å². The van der Waals surface area contributed by atoms with Crippen LogP contribution in [0.5, 0.6) is 0 Å². The number of carbonyl (C=O) groups excluding carboxylic acids is 3. The molecule has 0 aliphatic carbocycles. The number of carbonyl (C=O) groups is 4. The molecule has 3 N–H and O–H groups in total. The van der Waals surface area contributed by atoms with E-state index in [4.69, 9.17) is 4.74 Å². The molecule has 3 atom stereocenters. The quantitative estimate of drug-likeness (QED) is 0.520. The van der Waals surface area contributed by atoms with Gasteiger partial charge in [-0.2, -0.15) is 0 Å². The molecule has 0 heterocycles. The molecule has 0 aromatic heterocycles. The van der Waals surface area contributed by atoms with Crippen LogP contribution in [0, 0.1) is 5.92 Å². The Labute approximate surface area is 158 Å². The van der Waals surface area contributed by atoms with Crippen LogP contribution in [0.25, 0.3) is 0 Å². The van der Waals surface area contributed by atoms with E-state index >= 15 is 0 Å². The minimum Gasteiger partial charge on any atom is -0.480 e. The smallest absolute Gasteiger partial charge is 0.326 e. The van der Waals surface area contributed by atoms with Gasteiger partial charge in [0, 0.05) is 13.3 Å². The average molecular weight is 378 g/mol. The largest absolute Gasteiger partial charge is 0.480 e. The molecule has 1 rings (SSSR count). The van der Waals surface area contributed by atoms with Gasteiger partial charge < -0.3 is 20.5 Å². The lowest BCUT2D eigenvalue weighted by Gasteiger charge is -2.22. The zero-order valence-corrected chi connectivity index (χ0v) is 15.7. The van der Waals surface area contributed by atoms with Gasteiger partial charge in [0.1, 0.15) is 12.1 Å². The van der Waals surface area contributed by atoms with E-state index in [0.717, 1.165) is 5.56 Å². The Kier molecular flexibility index (Phi) is 8.98. The standard InChI is InChI=1S/C19H26N2O6/c1-4-27-19(26)12(2)10-16(18(24)25)21-17(23)15(20-13(3)22)11-14-8-6-5-7-9-14/h5-9,12,15-16H,4,10-11H2,1-3H3,(H,20,22)(H,21,23)(H,24,25)/t12-,15+,16+/m0/s1. The maximum Gasteiger partial charge on any atom is 0.326 e. The molecule has 0 aliphatic heterocycles. The van der Waals surface area contributed by atoms with Crippen molar-refractivity contribution in [2.45, 2.75) is 45.7 Å². The number of benzene rings is 1. The van der Waals surface area contributed by atoms with Crippen LogP contribution in [0.2, 0.25) is 0 Å². The third kappa shape index (κ3) is 7.89. The Morgan fingerprint density at radius 1 is 1.07 bits per heavy atom. The lowest BCUT2D eigenvalue weighted by molar-refractivity contribution is -0.149. The van der Waals surface area contributed by atoms with Crippen molar-refractivity contribution in [1.29, 1.82) is 0 Å². The third-order valence-electron chi connectivity index (χ3n) is 3.87. The summed E-state index contributed by atoms with van der Waals surface area (Å²) in [6, 6.07) is 6.85. The highest BCUT2D eigenvalue weighted by atomic mass is 16.5. The van der Waals surface area contributed by atoms with Gasteiger partial charge in [0.05, 0.1) is 12.5 Å². The van der Waals surface area contributed by atoms with Gasteiger partial charge in [-0.15, -0.1) is 0 Å². The molecule has 0 aliphatic rings. The molecular formula is C19H26N2O6. The fourth-order valence-electron chi connectivity index (χ4n) is 2.53. The molecule has 8 heteroatoms. The minimum atomic E-state index is -1.27. The molecule has 0 spiro atoms. The summed E-state index contributed by atoms with van der Waals surface area (Å²) in [4.78, 5) is 47.2. The summed E-state index contributed by atoms with van der Waals surface area (Å²) in [5.74, 6) is -3.52. The van der Waals surface area contributed by atoms with Gasteiger partial charge in [-0.25, -0.2) is 4.79 Å². The molecule has 0 saturated carbocycles. The van der Waals surface area contributed by atoms with Crippen molar-refractivity contribution in [2.24, 2.45) is 5.92 Å². The number of aliphatic carboxylic acids is 1. The van der Waals surface area contributed by atoms with E-state index in [1.54, 1.807) is 31.2 Å². The molecule has 0 unspecified atom stereocenters. The second-order valence-electron chi connectivity index (χ2n) is 6.23. The Balaban J connectivity index is 2.83. The summed E-state index contributed by atoms with van der Waals surface area (Å²) in [5, 5.41) is 14.3. The Bertz CT molecular complexity index is 661. The molecule has 1 aromatic rings. The van der Waals surface area contributed by atoms with E-state index in [2.05, 4.69) is 10.6 Å². The van der Waals surface area contributed by atoms with Gasteiger partial charge in [0.2, 0.25) is 11.8 Å². The van der Waals surface area contributed by atoms with Crippen LogP contribution < -0.4 is 10.6 Å². The monoisotopic (exact) mass is 378 g/mol. The Hall–Kier alpha value is -2.90. The zero-order valence-electron chi connectivity index (χ0n) is 15.7. The number of hydrogen-bond acceptors (Lipinski definition) is 5. The van der Waals surface area contributed by atoms with Gasteiger partial charge in [-0.05, 0) is 18.9 Å². The lowest BCUT2D eigenvalue weighted by atomic mass is 10.0. The first kappa shape index (κ1) is 22.1. The molecule has 1 aromatic carbocycles. The maximum atomic E-state index is 12.6. The van der Waals surface area contributed by atoms with Crippen LogP contribution in [0.1, 0.15) is 32.8 Å². The Morgan fingerprint density at radius 2 is 1.70 bits per heavy atom. The van der Waals surface area contributed by atoms with Gasteiger partial charge in [0.25, 0.3) is 0 Å². The van der Waals surface area contributed by atoms with Gasteiger partial charge in [-0.3, -0.25) is 14.4 Å². The number of rotatable bonds is 10. The number of carboxylic acid groups (broad SMARTS) is 1. The highest BCUT2D eigenvalue weighted by Gasteiger charge is 2.29. The fraction of sp³-hybridized carbons (Fsp3) is 0.474. The van der Waals surface area contributed by atoms with Crippen molar-refractivity contribution < 1.29 is 29.0 Å². The predicted octanol–water partition coefficient (Wildman–Crippen LogP) is 0.893. The predicted molar refractivity (Wildman–Crippen MR) is 97.7 cm³/mol. The molecule has 2 amide bonds. The summed E-state index contributed by atoms with van der Waals surface area (Å²) in [6.07, 6.45) is 0.101. The highest BCUT2D eigenvalue weighted by molar-refractivity contribution is 5.90. The van der Waals surface area contributed by atoms with Crippen LogP contribution in [0.4, 0.5) is 0 Å². The second kappa shape index (κ2) is 10.9. The molecule has 27 heavy (non-hydrogen) atoms. The second-order valence-corrected chi connectivity index (χ2v) is 6.23. The van der Waals surface area contributed by atoms with Gasteiger partial charge in [0.15, 0.2) is 0 Å². The van der Waals surface area contributed by atoms with Crippen molar-refractivity contribution in [3.8, 4) is 0 Å². The number of esters is 1. The fourth-order valence-corrected chi connectivity index (χ4v) is 2.53. The minimum absolute atomic E-state index is 0.113. The van der Waals surface area contributed by atoms with E-state index in [9.17, 15) is 24.3 Å². The van der Waals surface area contributed by atoms with E-state index in [0.29, 0.717) is 0 Å². The molecule has 148 valence electrons. The summed E-state index contributed by atoms with van der Waals surface area (Å²) in [6.45, 7) is 4.66. The topological polar surface area (TPSA) is 122 Å². The number of carboxylic acids is 1. The maximum absolute atomic E-state index is 12.6.